The third-order valence-corrected chi connectivity index (χ3v) is 7.18. The van der Waals surface area contributed by atoms with E-state index >= 15 is 0 Å². The van der Waals surface area contributed by atoms with E-state index < -0.39 is 46.9 Å². The van der Waals surface area contributed by atoms with Gasteiger partial charge >= 0.3 is 18.4 Å². The number of fused-ring (bicyclic) bond motifs is 1. The molecule has 2 aliphatic rings. The molecule has 2 aromatic rings. The molecule has 13 heteroatoms. The van der Waals surface area contributed by atoms with E-state index in [0.717, 1.165) is 23.8 Å². The number of alkyl halides is 6. The molecule has 7 nitrogen and oxygen atoms in total. The summed E-state index contributed by atoms with van der Waals surface area (Å²) < 4.78 is 79.8. The number of halogens is 6. The maximum Gasteiger partial charge on any atom is 0.433 e. The molecule has 2 heterocycles. The van der Waals surface area contributed by atoms with Gasteiger partial charge in [0.05, 0.1) is 11.5 Å². The van der Waals surface area contributed by atoms with Crippen LogP contribution in [0.2, 0.25) is 0 Å². The lowest BCUT2D eigenvalue weighted by atomic mass is 9.73. The Morgan fingerprint density at radius 1 is 1.02 bits per heavy atom. The predicted molar refractivity (Wildman–Crippen MR) is 147 cm³/mol. The standard InChI is InChI=1S/C30H33F6N5O2/c1-17-14-24(30(34,35)36)39-25(38-17)10-12-37-26(42)22-9-8-20(18-6-5-7-19(15-18)29(31,32)33)21-11-13-41(16-23(21)22)27(43)40-28(2,3)4/h5-9,14-15,22-23H,10-13,16H2,1-4H3,(H,37,42)(H,40,43). The number of nitrogens with one attached hydrogen (secondary N) is 2. The van der Waals surface area contributed by atoms with Gasteiger partial charge in [0.1, 0.15) is 11.5 Å². The third-order valence-electron chi connectivity index (χ3n) is 7.18. The molecule has 232 valence electrons. The van der Waals surface area contributed by atoms with Crippen molar-refractivity contribution in [2.24, 2.45) is 11.8 Å². The fourth-order valence-electron chi connectivity index (χ4n) is 5.29. The summed E-state index contributed by atoms with van der Waals surface area (Å²) in [5, 5.41) is 5.64. The molecule has 2 N–H and O–H groups in total. The largest absolute Gasteiger partial charge is 0.433 e. The second-order valence-corrected chi connectivity index (χ2v) is 11.7. The lowest BCUT2D eigenvalue weighted by Crippen LogP contribution is -2.53. The van der Waals surface area contributed by atoms with Crippen LogP contribution >= 0.6 is 0 Å². The topological polar surface area (TPSA) is 87.2 Å². The van der Waals surface area contributed by atoms with Crippen LogP contribution in [0, 0.1) is 18.8 Å². The summed E-state index contributed by atoms with van der Waals surface area (Å²) in [6.45, 7) is 7.35. The van der Waals surface area contributed by atoms with Crippen molar-refractivity contribution in [1.29, 1.82) is 0 Å². The minimum absolute atomic E-state index is 0.0373. The van der Waals surface area contributed by atoms with E-state index in [1.807, 2.05) is 20.8 Å². The van der Waals surface area contributed by atoms with Crippen molar-refractivity contribution in [3.8, 4) is 0 Å². The number of hydrogen-bond acceptors (Lipinski definition) is 4. The summed E-state index contributed by atoms with van der Waals surface area (Å²) in [6, 6.07) is 5.49. The van der Waals surface area contributed by atoms with Crippen LogP contribution < -0.4 is 10.6 Å². The highest BCUT2D eigenvalue weighted by atomic mass is 19.4. The monoisotopic (exact) mass is 609 g/mol. The molecule has 1 aliphatic heterocycles. The van der Waals surface area contributed by atoms with Crippen LogP contribution in [0.1, 0.15) is 55.5 Å². The summed E-state index contributed by atoms with van der Waals surface area (Å²) in [7, 11) is 0. The molecule has 0 bridgehead atoms. The van der Waals surface area contributed by atoms with Crippen LogP contribution in [0.5, 0.6) is 0 Å². The van der Waals surface area contributed by atoms with Gasteiger partial charge < -0.3 is 15.5 Å². The Hall–Kier alpha value is -3.90. The molecule has 0 saturated carbocycles. The number of carbonyl (C=O) groups excluding carboxylic acids is 2. The van der Waals surface area contributed by atoms with E-state index in [2.05, 4.69) is 20.6 Å². The third kappa shape index (κ3) is 7.94. The van der Waals surface area contributed by atoms with Crippen LogP contribution in [-0.2, 0) is 23.6 Å². The first-order valence-corrected chi connectivity index (χ1v) is 13.8. The van der Waals surface area contributed by atoms with E-state index in [0.29, 0.717) is 24.1 Å². The van der Waals surface area contributed by atoms with Gasteiger partial charge in [-0.25, -0.2) is 14.8 Å². The number of urea groups is 1. The van der Waals surface area contributed by atoms with E-state index in [9.17, 15) is 35.9 Å². The van der Waals surface area contributed by atoms with Crippen LogP contribution in [0.4, 0.5) is 31.1 Å². The van der Waals surface area contributed by atoms with Gasteiger partial charge in [-0.05, 0) is 63.5 Å². The Labute approximate surface area is 245 Å². The molecule has 3 amide bonds. The Kier molecular flexibility index (Phi) is 8.94. The van der Waals surface area contributed by atoms with Crippen LogP contribution in [-0.4, -0.2) is 52.0 Å². The molecule has 1 aromatic heterocycles. The molecule has 0 spiro atoms. The van der Waals surface area contributed by atoms with Gasteiger partial charge in [-0.2, -0.15) is 26.3 Å². The van der Waals surface area contributed by atoms with Gasteiger partial charge in [-0.1, -0.05) is 29.9 Å². The van der Waals surface area contributed by atoms with Crippen molar-refractivity contribution < 1.29 is 35.9 Å². The van der Waals surface area contributed by atoms with Gasteiger partial charge in [-0.3, -0.25) is 4.79 Å². The molecule has 43 heavy (non-hydrogen) atoms. The van der Waals surface area contributed by atoms with Crippen LogP contribution in [0.15, 0.2) is 48.1 Å². The first kappa shape index (κ1) is 32.0. The fraction of sp³-hybridized carbons (Fsp3) is 0.467. The number of nitrogens with zero attached hydrogens (tertiary/aromatic N) is 3. The molecule has 2 atom stereocenters. The highest BCUT2D eigenvalue weighted by Gasteiger charge is 2.39. The van der Waals surface area contributed by atoms with E-state index in [1.165, 1.54) is 13.0 Å². The molecule has 1 saturated heterocycles. The predicted octanol–water partition coefficient (Wildman–Crippen LogP) is 5.95. The number of rotatable bonds is 5. The molecule has 0 radical (unpaired) electrons. The van der Waals surface area contributed by atoms with Crippen molar-refractivity contribution in [3.63, 3.8) is 0 Å². The van der Waals surface area contributed by atoms with Crippen molar-refractivity contribution in [3.05, 3.63) is 76.4 Å². The fourth-order valence-corrected chi connectivity index (χ4v) is 5.29. The molecular formula is C30H33F6N5O2. The average molecular weight is 610 g/mol. The lowest BCUT2D eigenvalue weighted by molar-refractivity contribution is -0.141. The number of benzene rings is 1. The van der Waals surface area contributed by atoms with E-state index in [1.54, 1.807) is 23.1 Å². The second kappa shape index (κ2) is 12.0. The molecule has 1 aromatic carbocycles. The summed E-state index contributed by atoms with van der Waals surface area (Å²) in [6.07, 6.45) is -5.62. The summed E-state index contributed by atoms with van der Waals surface area (Å²) >= 11 is 0. The SMILES string of the molecule is Cc1cc(C(F)(F)F)nc(CCNC(=O)C2C=CC(c3cccc(C(F)(F)F)c3)=C3CCN(C(=O)NC(C)(C)C)CC32)n1. The minimum Gasteiger partial charge on any atom is -0.355 e. The Bertz CT molecular complexity index is 1440. The summed E-state index contributed by atoms with van der Waals surface area (Å²) in [4.78, 5) is 35.6. The van der Waals surface area contributed by atoms with Gasteiger partial charge in [0, 0.05) is 43.2 Å². The summed E-state index contributed by atoms with van der Waals surface area (Å²) in [5.74, 6) is -1.79. The van der Waals surface area contributed by atoms with Crippen LogP contribution in [0.3, 0.4) is 0 Å². The number of aryl methyl sites for hydroxylation is 1. The quantitative estimate of drug-likeness (QED) is 0.411. The van der Waals surface area contributed by atoms with Gasteiger partial charge in [0.25, 0.3) is 0 Å². The zero-order valence-electron chi connectivity index (χ0n) is 24.2. The smallest absolute Gasteiger partial charge is 0.355 e. The van der Waals surface area contributed by atoms with Gasteiger partial charge in [0.15, 0.2) is 0 Å². The Morgan fingerprint density at radius 2 is 1.74 bits per heavy atom. The zero-order valence-corrected chi connectivity index (χ0v) is 24.2. The first-order chi connectivity index (χ1) is 19.9. The maximum atomic E-state index is 13.5. The number of hydrogen-bond donors (Lipinski definition) is 2. The average Bonchev–Trinajstić information content (AvgIpc) is 2.90. The molecule has 1 aliphatic carbocycles. The molecular weight excluding hydrogens is 576 g/mol. The number of amides is 3. The maximum absolute atomic E-state index is 13.5. The van der Waals surface area contributed by atoms with E-state index in [4.69, 9.17) is 0 Å². The van der Waals surface area contributed by atoms with Crippen molar-refractivity contribution in [2.75, 3.05) is 19.6 Å². The van der Waals surface area contributed by atoms with Crippen molar-refractivity contribution in [1.82, 2.24) is 25.5 Å². The number of aromatic nitrogens is 2. The number of likely N-dealkylation sites (tertiary alicyclic amines) is 1. The second-order valence-electron chi connectivity index (χ2n) is 11.7. The molecule has 4 rings (SSSR count). The van der Waals surface area contributed by atoms with Gasteiger partial charge in [0.2, 0.25) is 5.91 Å². The van der Waals surface area contributed by atoms with Crippen molar-refractivity contribution >= 4 is 17.5 Å². The summed E-state index contributed by atoms with van der Waals surface area (Å²) in [5.41, 5.74) is -0.534. The lowest BCUT2D eigenvalue weighted by Gasteiger charge is -2.41. The number of piperidine rings is 1. The molecule has 1 fully saturated rings. The number of carbonyl (C=O) groups is 2. The Balaban J connectivity index is 1.57. The van der Waals surface area contributed by atoms with E-state index in [-0.39, 0.29) is 37.1 Å². The Morgan fingerprint density at radius 3 is 2.40 bits per heavy atom. The minimum atomic E-state index is -4.63. The normalized spacial score (nSPS) is 19.3. The molecule has 2 unspecified atom stereocenters. The van der Waals surface area contributed by atoms with Gasteiger partial charge in [-0.15, -0.1) is 0 Å². The van der Waals surface area contributed by atoms with Crippen LogP contribution in [0.25, 0.3) is 5.57 Å². The number of allylic oxidation sites excluding steroid dienone is 2. The van der Waals surface area contributed by atoms with Crippen molar-refractivity contribution in [2.45, 2.75) is 58.4 Å². The first-order valence-electron chi connectivity index (χ1n) is 13.8. The zero-order chi connectivity index (χ0) is 31.7. The highest BCUT2D eigenvalue weighted by Crippen LogP contribution is 2.41. The highest BCUT2D eigenvalue weighted by molar-refractivity contribution is 5.87.